The number of hydrogen-bond acceptors (Lipinski definition) is 5. The van der Waals surface area contributed by atoms with Gasteiger partial charge in [-0.1, -0.05) is 12.1 Å². The molecule has 2 aromatic rings. The van der Waals surface area contributed by atoms with Gasteiger partial charge in [0.25, 0.3) is 0 Å². The highest BCUT2D eigenvalue weighted by atomic mass is 32.2. The highest BCUT2D eigenvalue weighted by Crippen LogP contribution is 2.29. The van der Waals surface area contributed by atoms with Crippen LogP contribution in [-0.2, 0) is 11.3 Å². The summed E-state index contributed by atoms with van der Waals surface area (Å²) in [5, 5.41) is 3.04. The Morgan fingerprint density at radius 1 is 1.15 bits per heavy atom. The predicted octanol–water partition coefficient (Wildman–Crippen LogP) is 3.73. The Labute approximate surface area is 166 Å². The number of rotatable bonds is 9. The molecule has 0 fully saturated rings. The lowest BCUT2D eigenvalue weighted by molar-refractivity contribution is -0.122. The third kappa shape index (κ3) is 6.19. The first-order chi connectivity index (χ1) is 13.0. The van der Waals surface area contributed by atoms with Crippen molar-refractivity contribution in [2.24, 2.45) is 0 Å². The molecule has 0 aliphatic heterocycles. The van der Waals surface area contributed by atoms with E-state index >= 15 is 0 Å². The van der Waals surface area contributed by atoms with E-state index in [1.165, 1.54) is 10.5 Å². The van der Waals surface area contributed by atoms with Crippen molar-refractivity contribution >= 4 is 17.7 Å². The van der Waals surface area contributed by atoms with Gasteiger partial charge in [-0.25, -0.2) is 0 Å². The van der Waals surface area contributed by atoms with Gasteiger partial charge < -0.3 is 14.8 Å². The fourth-order valence-electron chi connectivity index (χ4n) is 2.89. The average molecular weight is 389 g/mol. The maximum absolute atomic E-state index is 12.5. The average Bonchev–Trinajstić information content (AvgIpc) is 2.67. The molecule has 0 heterocycles. The summed E-state index contributed by atoms with van der Waals surface area (Å²) in [6.07, 6.45) is 2.06. The third-order valence-corrected chi connectivity index (χ3v) is 5.05. The molecule has 6 heteroatoms. The zero-order chi connectivity index (χ0) is 19.8. The summed E-state index contributed by atoms with van der Waals surface area (Å²) in [6, 6.07) is 13.8. The van der Waals surface area contributed by atoms with Crippen LogP contribution in [0.5, 0.6) is 11.5 Å². The van der Waals surface area contributed by atoms with Crippen LogP contribution in [0.3, 0.4) is 0 Å². The van der Waals surface area contributed by atoms with Gasteiger partial charge in [-0.15, -0.1) is 11.8 Å². The number of carbonyl (C=O) groups excluding carboxylic acids is 1. The molecule has 0 spiro atoms. The summed E-state index contributed by atoms with van der Waals surface area (Å²) in [5.41, 5.74) is 2.08. The molecule has 0 aliphatic carbocycles. The van der Waals surface area contributed by atoms with Gasteiger partial charge in [0.05, 0.1) is 26.8 Å². The number of ether oxygens (including phenoxy) is 2. The van der Waals surface area contributed by atoms with Crippen molar-refractivity contribution < 1.29 is 14.3 Å². The van der Waals surface area contributed by atoms with Gasteiger partial charge in [0, 0.05) is 17.0 Å². The molecule has 0 radical (unpaired) electrons. The molecule has 0 aromatic heterocycles. The van der Waals surface area contributed by atoms with Crippen molar-refractivity contribution in [1.82, 2.24) is 10.2 Å². The van der Waals surface area contributed by atoms with E-state index in [9.17, 15) is 4.79 Å². The van der Waals surface area contributed by atoms with E-state index in [-0.39, 0.29) is 11.9 Å². The van der Waals surface area contributed by atoms with Crippen LogP contribution in [0.25, 0.3) is 0 Å². The molecule has 27 heavy (non-hydrogen) atoms. The standard InChI is InChI=1S/C21H28N2O3S/c1-15(19-12-17(25-3)8-11-20(19)26-4)22-21(24)14-23(2)13-16-6-9-18(27-5)10-7-16/h6-12,15H,13-14H2,1-5H3,(H,22,24). The van der Waals surface area contributed by atoms with Crippen LogP contribution in [0, 0.1) is 0 Å². The molecular formula is C21H28N2O3S. The monoisotopic (exact) mass is 388 g/mol. The molecule has 0 aliphatic rings. The van der Waals surface area contributed by atoms with Gasteiger partial charge in [-0.05, 0) is 56.1 Å². The van der Waals surface area contributed by atoms with Crippen LogP contribution in [-0.4, -0.2) is 44.9 Å². The molecule has 1 amide bonds. The van der Waals surface area contributed by atoms with Gasteiger partial charge in [-0.3, -0.25) is 9.69 Å². The summed E-state index contributed by atoms with van der Waals surface area (Å²) in [4.78, 5) is 15.7. The number of nitrogens with one attached hydrogen (secondary N) is 1. The molecule has 1 unspecified atom stereocenters. The van der Waals surface area contributed by atoms with Crippen LogP contribution < -0.4 is 14.8 Å². The number of hydrogen-bond donors (Lipinski definition) is 1. The van der Waals surface area contributed by atoms with E-state index in [1.54, 1.807) is 26.0 Å². The van der Waals surface area contributed by atoms with Crippen molar-refractivity contribution in [2.75, 3.05) is 34.1 Å². The lowest BCUT2D eigenvalue weighted by Gasteiger charge is -2.21. The summed E-state index contributed by atoms with van der Waals surface area (Å²) >= 11 is 1.72. The van der Waals surface area contributed by atoms with E-state index in [0.717, 1.165) is 23.6 Å². The van der Waals surface area contributed by atoms with Crippen LogP contribution in [0.15, 0.2) is 47.4 Å². The molecule has 0 saturated heterocycles. The molecule has 1 N–H and O–H groups in total. The van der Waals surface area contributed by atoms with Crippen molar-refractivity contribution in [1.29, 1.82) is 0 Å². The summed E-state index contributed by atoms with van der Waals surface area (Å²) < 4.78 is 10.7. The van der Waals surface area contributed by atoms with Crippen LogP contribution in [0.1, 0.15) is 24.1 Å². The Morgan fingerprint density at radius 3 is 2.44 bits per heavy atom. The summed E-state index contributed by atoms with van der Waals surface area (Å²) in [5.74, 6) is 1.43. The Balaban J connectivity index is 1.93. The Morgan fingerprint density at radius 2 is 1.85 bits per heavy atom. The zero-order valence-corrected chi connectivity index (χ0v) is 17.4. The number of nitrogens with zero attached hydrogens (tertiary/aromatic N) is 1. The highest BCUT2D eigenvalue weighted by molar-refractivity contribution is 7.98. The van der Waals surface area contributed by atoms with Crippen LogP contribution >= 0.6 is 11.8 Å². The second-order valence-electron chi connectivity index (χ2n) is 6.42. The number of methoxy groups -OCH3 is 2. The van der Waals surface area contributed by atoms with Gasteiger partial charge >= 0.3 is 0 Å². The lowest BCUT2D eigenvalue weighted by atomic mass is 10.1. The summed E-state index contributed by atoms with van der Waals surface area (Å²) in [7, 11) is 5.18. The second-order valence-corrected chi connectivity index (χ2v) is 7.30. The minimum Gasteiger partial charge on any atom is -0.497 e. The molecule has 0 bridgehead atoms. The van der Waals surface area contributed by atoms with Crippen molar-refractivity contribution in [3.63, 3.8) is 0 Å². The van der Waals surface area contributed by atoms with E-state index < -0.39 is 0 Å². The van der Waals surface area contributed by atoms with E-state index in [1.807, 2.05) is 37.1 Å². The van der Waals surface area contributed by atoms with Crippen LogP contribution in [0.4, 0.5) is 0 Å². The number of likely N-dealkylation sites (N-methyl/N-ethyl adjacent to an activating group) is 1. The van der Waals surface area contributed by atoms with Gasteiger partial charge in [0.15, 0.2) is 0 Å². The zero-order valence-electron chi connectivity index (χ0n) is 16.6. The molecule has 0 saturated carbocycles. The smallest absolute Gasteiger partial charge is 0.234 e. The Bertz CT molecular complexity index is 750. The Hall–Kier alpha value is -2.18. The number of amides is 1. The molecule has 2 rings (SSSR count). The number of thioether (sulfide) groups is 1. The Kier molecular flexibility index (Phi) is 8.00. The first kappa shape index (κ1) is 21.1. The minimum atomic E-state index is -0.184. The largest absolute Gasteiger partial charge is 0.497 e. The van der Waals surface area contributed by atoms with Crippen LogP contribution in [0.2, 0.25) is 0 Å². The normalized spacial score (nSPS) is 11.9. The van der Waals surface area contributed by atoms with Gasteiger partial charge in [-0.2, -0.15) is 0 Å². The van der Waals surface area contributed by atoms with Gasteiger partial charge in [0.2, 0.25) is 5.91 Å². The summed E-state index contributed by atoms with van der Waals surface area (Å²) in [6.45, 7) is 2.98. The number of benzene rings is 2. The number of carbonyl (C=O) groups is 1. The highest BCUT2D eigenvalue weighted by Gasteiger charge is 2.16. The lowest BCUT2D eigenvalue weighted by Crippen LogP contribution is -2.36. The van der Waals surface area contributed by atoms with Gasteiger partial charge in [0.1, 0.15) is 11.5 Å². The first-order valence-electron chi connectivity index (χ1n) is 8.79. The molecule has 5 nitrogen and oxygen atoms in total. The van der Waals surface area contributed by atoms with E-state index in [0.29, 0.717) is 6.54 Å². The quantitative estimate of drug-likeness (QED) is 0.663. The maximum Gasteiger partial charge on any atom is 0.234 e. The first-order valence-corrected chi connectivity index (χ1v) is 10.0. The fraction of sp³-hybridized carbons (Fsp3) is 0.381. The second kappa shape index (κ2) is 10.2. The fourth-order valence-corrected chi connectivity index (χ4v) is 3.29. The topological polar surface area (TPSA) is 50.8 Å². The van der Waals surface area contributed by atoms with Crippen molar-refractivity contribution in [3.05, 3.63) is 53.6 Å². The molecular weight excluding hydrogens is 360 g/mol. The van der Waals surface area contributed by atoms with Crippen molar-refractivity contribution in [2.45, 2.75) is 24.4 Å². The molecule has 2 aromatic carbocycles. The van der Waals surface area contributed by atoms with E-state index in [4.69, 9.17) is 9.47 Å². The predicted molar refractivity (Wildman–Crippen MR) is 111 cm³/mol. The van der Waals surface area contributed by atoms with E-state index in [2.05, 4.69) is 35.8 Å². The molecule has 1 atom stereocenters. The SMILES string of the molecule is COc1ccc(OC)c(C(C)NC(=O)CN(C)Cc2ccc(SC)cc2)c1. The molecule has 146 valence electrons. The maximum atomic E-state index is 12.5. The third-order valence-electron chi connectivity index (χ3n) is 4.31. The minimum absolute atomic E-state index is 0.0318. The van der Waals surface area contributed by atoms with Crippen molar-refractivity contribution in [3.8, 4) is 11.5 Å².